The molecule has 1 aromatic rings. The molecule has 3 rings (SSSR count). The van der Waals surface area contributed by atoms with Crippen molar-refractivity contribution in [2.24, 2.45) is 10.9 Å². The summed E-state index contributed by atoms with van der Waals surface area (Å²) >= 11 is 0. The van der Waals surface area contributed by atoms with Gasteiger partial charge in [0.1, 0.15) is 0 Å². The first-order valence-electron chi connectivity index (χ1n) is 8.03. The molecule has 0 amide bonds. The minimum atomic E-state index is 0.205. The first-order chi connectivity index (χ1) is 10.3. The summed E-state index contributed by atoms with van der Waals surface area (Å²) in [6.45, 7) is 5.86. The highest BCUT2D eigenvalue weighted by molar-refractivity contribution is 5.80. The van der Waals surface area contributed by atoms with Crippen LogP contribution >= 0.6 is 0 Å². The van der Waals surface area contributed by atoms with E-state index >= 15 is 0 Å². The van der Waals surface area contributed by atoms with E-state index in [2.05, 4.69) is 46.8 Å². The van der Waals surface area contributed by atoms with Crippen molar-refractivity contribution >= 4 is 5.96 Å². The summed E-state index contributed by atoms with van der Waals surface area (Å²) in [5.74, 6) is 1.46. The zero-order valence-corrected chi connectivity index (χ0v) is 12.8. The maximum atomic E-state index is 6.06. The van der Waals surface area contributed by atoms with Gasteiger partial charge in [0.25, 0.3) is 0 Å². The third kappa shape index (κ3) is 3.76. The van der Waals surface area contributed by atoms with Gasteiger partial charge in [-0.05, 0) is 31.7 Å². The number of nitrogens with zero attached hydrogens (tertiary/aromatic N) is 1. The Morgan fingerprint density at radius 1 is 1.29 bits per heavy atom. The molecule has 2 N–H and O–H groups in total. The number of rotatable bonds is 3. The van der Waals surface area contributed by atoms with Gasteiger partial charge in [0.05, 0.1) is 6.10 Å². The fraction of sp³-hybridized carbons (Fsp3) is 0.588. The molecule has 2 aliphatic rings. The minimum absolute atomic E-state index is 0.205. The second-order valence-corrected chi connectivity index (χ2v) is 6.00. The maximum Gasteiger partial charge on any atom is 0.191 e. The number of aliphatic imine (C=N–C) groups is 1. The average Bonchev–Trinajstić information content (AvgIpc) is 2.55. The van der Waals surface area contributed by atoms with Crippen LogP contribution < -0.4 is 10.6 Å². The van der Waals surface area contributed by atoms with Gasteiger partial charge < -0.3 is 15.4 Å². The van der Waals surface area contributed by atoms with Crippen LogP contribution in [-0.2, 0) is 4.74 Å². The second kappa shape index (κ2) is 6.94. The highest BCUT2D eigenvalue weighted by Crippen LogP contribution is 2.33. The van der Waals surface area contributed by atoms with Crippen molar-refractivity contribution in [3.8, 4) is 0 Å². The summed E-state index contributed by atoms with van der Waals surface area (Å²) in [4.78, 5) is 4.48. The zero-order chi connectivity index (χ0) is 14.5. The molecule has 2 heterocycles. The third-order valence-corrected chi connectivity index (χ3v) is 4.28. The Morgan fingerprint density at radius 2 is 2.14 bits per heavy atom. The van der Waals surface area contributed by atoms with Gasteiger partial charge in [-0.2, -0.15) is 0 Å². The van der Waals surface area contributed by atoms with Crippen LogP contribution in [0, 0.1) is 12.8 Å². The standard InChI is InChI=1S/C17H25N3O/c1-13-5-7-14(8-6-13)16-15(4-2-11-21-16)12-20-17-18-9-3-10-19-17/h5-8,15-16H,2-4,9-12H2,1H3,(H2,18,19,20). The van der Waals surface area contributed by atoms with E-state index in [1.807, 2.05) is 0 Å². The lowest BCUT2D eigenvalue weighted by atomic mass is 9.89. The van der Waals surface area contributed by atoms with E-state index in [4.69, 9.17) is 4.74 Å². The van der Waals surface area contributed by atoms with Gasteiger partial charge >= 0.3 is 0 Å². The number of ether oxygens (including phenoxy) is 1. The summed E-state index contributed by atoms with van der Waals surface area (Å²) < 4.78 is 6.06. The van der Waals surface area contributed by atoms with Crippen molar-refractivity contribution in [1.29, 1.82) is 0 Å². The predicted octanol–water partition coefficient (Wildman–Crippen LogP) is 2.40. The fourth-order valence-corrected chi connectivity index (χ4v) is 3.06. The van der Waals surface area contributed by atoms with Crippen LogP contribution in [0.15, 0.2) is 29.3 Å². The molecule has 4 nitrogen and oxygen atoms in total. The first kappa shape index (κ1) is 14.4. The monoisotopic (exact) mass is 287 g/mol. The van der Waals surface area contributed by atoms with E-state index in [9.17, 15) is 0 Å². The number of hydrogen-bond donors (Lipinski definition) is 2. The number of hydrogen-bond acceptors (Lipinski definition) is 4. The lowest BCUT2D eigenvalue weighted by Crippen LogP contribution is -2.44. The maximum absolute atomic E-state index is 6.06. The fourth-order valence-electron chi connectivity index (χ4n) is 3.06. The molecule has 0 aliphatic carbocycles. The van der Waals surface area contributed by atoms with E-state index < -0.39 is 0 Å². The van der Waals surface area contributed by atoms with E-state index in [-0.39, 0.29) is 6.10 Å². The number of aryl methyl sites for hydroxylation is 1. The molecule has 2 unspecified atom stereocenters. The molecular formula is C17H25N3O. The van der Waals surface area contributed by atoms with Crippen LogP contribution in [0.5, 0.6) is 0 Å². The van der Waals surface area contributed by atoms with Crippen LogP contribution in [-0.4, -0.2) is 32.2 Å². The van der Waals surface area contributed by atoms with E-state index in [1.165, 1.54) is 17.5 Å². The molecule has 1 saturated heterocycles. The SMILES string of the molecule is Cc1ccc(C2OCCCC2CNC2=NCCCN2)cc1. The highest BCUT2D eigenvalue weighted by atomic mass is 16.5. The van der Waals surface area contributed by atoms with Crippen LogP contribution in [0.2, 0.25) is 0 Å². The van der Waals surface area contributed by atoms with Crippen LogP contribution in [0.4, 0.5) is 0 Å². The molecule has 114 valence electrons. The molecule has 1 fully saturated rings. The Hall–Kier alpha value is -1.55. The molecule has 2 atom stereocenters. The Kier molecular flexibility index (Phi) is 4.76. The Labute approximate surface area is 127 Å². The Balaban J connectivity index is 1.63. The third-order valence-electron chi connectivity index (χ3n) is 4.28. The molecule has 0 spiro atoms. The van der Waals surface area contributed by atoms with Crippen LogP contribution in [0.25, 0.3) is 0 Å². The number of benzene rings is 1. The average molecular weight is 287 g/mol. The molecule has 1 aromatic carbocycles. The van der Waals surface area contributed by atoms with Gasteiger partial charge in [0.2, 0.25) is 0 Å². The van der Waals surface area contributed by atoms with Gasteiger partial charge in [-0.1, -0.05) is 29.8 Å². The second-order valence-electron chi connectivity index (χ2n) is 6.00. The smallest absolute Gasteiger partial charge is 0.191 e. The van der Waals surface area contributed by atoms with E-state index in [0.717, 1.165) is 45.0 Å². The van der Waals surface area contributed by atoms with Crippen molar-refractivity contribution in [1.82, 2.24) is 10.6 Å². The summed E-state index contributed by atoms with van der Waals surface area (Å²) in [7, 11) is 0. The Morgan fingerprint density at radius 3 is 2.90 bits per heavy atom. The molecule has 4 heteroatoms. The molecule has 2 aliphatic heterocycles. The summed E-state index contributed by atoms with van der Waals surface area (Å²) in [5, 5.41) is 6.78. The van der Waals surface area contributed by atoms with Gasteiger partial charge in [0, 0.05) is 32.2 Å². The van der Waals surface area contributed by atoms with Gasteiger partial charge in [-0.15, -0.1) is 0 Å². The first-order valence-corrected chi connectivity index (χ1v) is 8.03. The molecule has 0 aromatic heterocycles. The number of nitrogens with one attached hydrogen (secondary N) is 2. The van der Waals surface area contributed by atoms with Crippen molar-refractivity contribution in [3.63, 3.8) is 0 Å². The van der Waals surface area contributed by atoms with Crippen molar-refractivity contribution in [2.45, 2.75) is 32.3 Å². The lowest BCUT2D eigenvalue weighted by Gasteiger charge is -2.33. The topological polar surface area (TPSA) is 45.6 Å². The van der Waals surface area contributed by atoms with Crippen LogP contribution in [0.1, 0.15) is 36.5 Å². The molecule has 21 heavy (non-hydrogen) atoms. The molecule has 0 saturated carbocycles. The highest BCUT2D eigenvalue weighted by Gasteiger charge is 2.27. The molecule has 0 radical (unpaired) electrons. The quantitative estimate of drug-likeness (QED) is 0.897. The normalized spacial score (nSPS) is 25.9. The number of guanidine groups is 1. The summed E-state index contributed by atoms with van der Waals surface area (Å²) in [6.07, 6.45) is 3.69. The lowest BCUT2D eigenvalue weighted by molar-refractivity contribution is -0.0265. The van der Waals surface area contributed by atoms with Crippen molar-refractivity contribution < 1.29 is 4.74 Å². The van der Waals surface area contributed by atoms with E-state index in [0.29, 0.717) is 5.92 Å². The predicted molar refractivity (Wildman–Crippen MR) is 85.5 cm³/mol. The largest absolute Gasteiger partial charge is 0.373 e. The summed E-state index contributed by atoms with van der Waals surface area (Å²) in [6, 6.07) is 8.75. The van der Waals surface area contributed by atoms with Crippen LogP contribution in [0.3, 0.4) is 0 Å². The van der Waals surface area contributed by atoms with Gasteiger partial charge in [-0.3, -0.25) is 4.99 Å². The molecular weight excluding hydrogens is 262 g/mol. The summed E-state index contributed by atoms with van der Waals surface area (Å²) in [5.41, 5.74) is 2.59. The van der Waals surface area contributed by atoms with Crippen molar-refractivity contribution in [2.75, 3.05) is 26.2 Å². The van der Waals surface area contributed by atoms with Gasteiger partial charge in [0.15, 0.2) is 5.96 Å². The Bertz CT molecular complexity index is 483. The van der Waals surface area contributed by atoms with Gasteiger partial charge in [-0.25, -0.2) is 0 Å². The van der Waals surface area contributed by atoms with E-state index in [1.54, 1.807) is 0 Å². The van der Waals surface area contributed by atoms with Crippen molar-refractivity contribution in [3.05, 3.63) is 35.4 Å². The zero-order valence-electron chi connectivity index (χ0n) is 12.8. The minimum Gasteiger partial charge on any atom is -0.373 e. The molecule has 0 bridgehead atoms.